The number of para-hydroxylation sites is 1. The molecular weight excluding hydrogens is 330 g/mol. The first-order chi connectivity index (χ1) is 12.7. The number of rotatable bonds is 3. The van der Waals surface area contributed by atoms with Gasteiger partial charge in [-0.25, -0.2) is 0 Å². The Labute approximate surface area is 153 Å². The van der Waals surface area contributed by atoms with E-state index < -0.39 is 0 Å². The van der Waals surface area contributed by atoms with Crippen LogP contribution in [0.15, 0.2) is 42.2 Å². The maximum atomic E-state index is 12.6. The summed E-state index contributed by atoms with van der Waals surface area (Å²) in [4.78, 5) is 28.9. The van der Waals surface area contributed by atoms with E-state index >= 15 is 0 Å². The number of likely N-dealkylation sites (tertiary alicyclic amines) is 2. The zero-order valence-corrected chi connectivity index (χ0v) is 14.9. The van der Waals surface area contributed by atoms with E-state index in [-0.39, 0.29) is 11.8 Å². The first-order valence-electron chi connectivity index (χ1n) is 9.38. The van der Waals surface area contributed by atoms with Gasteiger partial charge in [-0.1, -0.05) is 18.2 Å². The second-order valence-electron chi connectivity index (χ2n) is 7.09. The number of piperidine rings is 1. The van der Waals surface area contributed by atoms with Gasteiger partial charge in [0.2, 0.25) is 5.91 Å². The minimum absolute atomic E-state index is 0.128. The lowest BCUT2D eigenvalue weighted by atomic mass is 9.95. The third-order valence-electron chi connectivity index (χ3n) is 5.37. The van der Waals surface area contributed by atoms with E-state index in [2.05, 4.69) is 15.9 Å². The number of hydrogen-bond donors (Lipinski definition) is 2. The number of hydrazine groups is 2. The molecular formula is C19H25N5O2. The maximum Gasteiger partial charge on any atom is 0.286 e. The first kappa shape index (κ1) is 16.9. The highest BCUT2D eigenvalue weighted by atomic mass is 16.2. The Hall–Kier alpha value is -2.54. The Balaban J connectivity index is 1.40. The van der Waals surface area contributed by atoms with Crippen molar-refractivity contribution < 1.29 is 9.59 Å². The molecule has 2 N–H and O–H groups in total. The molecule has 0 saturated carbocycles. The molecule has 0 aromatic heterocycles. The fourth-order valence-corrected chi connectivity index (χ4v) is 3.87. The third-order valence-corrected chi connectivity index (χ3v) is 5.37. The van der Waals surface area contributed by atoms with Gasteiger partial charge in [0, 0.05) is 38.3 Å². The van der Waals surface area contributed by atoms with Crippen LogP contribution in [0.3, 0.4) is 0 Å². The Morgan fingerprint density at radius 2 is 1.73 bits per heavy atom. The van der Waals surface area contributed by atoms with Crippen LogP contribution in [0.25, 0.3) is 0 Å². The van der Waals surface area contributed by atoms with Crippen molar-refractivity contribution in [3.8, 4) is 0 Å². The summed E-state index contributed by atoms with van der Waals surface area (Å²) in [7, 11) is 0. The molecule has 3 fully saturated rings. The summed E-state index contributed by atoms with van der Waals surface area (Å²) in [6, 6.07) is 9.71. The predicted molar refractivity (Wildman–Crippen MR) is 98.4 cm³/mol. The zero-order chi connectivity index (χ0) is 17.9. The number of amides is 2. The van der Waals surface area contributed by atoms with Crippen molar-refractivity contribution in [3.63, 3.8) is 0 Å². The lowest BCUT2D eigenvalue weighted by Crippen LogP contribution is -2.40. The molecule has 3 heterocycles. The highest BCUT2D eigenvalue weighted by Gasteiger charge is 2.31. The van der Waals surface area contributed by atoms with Crippen LogP contribution in [0.2, 0.25) is 0 Å². The molecule has 3 aliphatic rings. The normalized spacial score (nSPS) is 23.0. The molecule has 4 rings (SSSR count). The summed E-state index contributed by atoms with van der Waals surface area (Å²) >= 11 is 0. The van der Waals surface area contributed by atoms with E-state index in [1.807, 2.05) is 41.4 Å². The Bertz CT molecular complexity index is 691. The fourth-order valence-electron chi connectivity index (χ4n) is 3.87. The molecule has 0 aliphatic carbocycles. The van der Waals surface area contributed by atoms with Crippen molar-refractivity contribution in [1.82, 2.24) is 20.8 Å². The molecule has 2 amide bonds. The second-order valence-corrected chi connectivity index (χ2v) is 7.09. The largest absolute Gasteiger partial charge is 0.375 e. The van der Waals surface area contributed by atoms with Crippen molar-refractivity contribution in [1.29, 1.82) is 0 Å². The van der Waals surface area contributed by atoms with E-state index in [4.69, 9.17) is 0 Å². The van der Waals surface area contributed by atoms with E-state index in [1.54, 1.807) is 5.01 Å². The molecule has 7 heteroatoms. The smallest absolute Gasteiger partial charge is 0.286 e. The Kier molecular flexibility index (Phi) is 4.79. The molecule has 0 radical (unpaired) electrons. The van der Waals surface area contributed by atoms with Gasteiger partial charge < -0.3 is 9.80 Å². The maximum absolute atomic E-state index is 12.6. The van der Waals surface area contributed by atoms with Gasteiger partial charge in [0.25, 0.3) is 5.91 Å². The molecule has 0 unspecified atom stereocenters. The van der Waals surface area contributed by atoms with Gasteiger partial charge in [-0.05, 0) is 37.8 Å². The Morgan fingerprint density at radius 3 is 2.42 bits per heavy atom. The minimum Gasteiger partial charge on any atom is -0.375 e. The summed E-state index contributed by atoms with van der Waals surface area (Å²) in [5.74, 6) is 0.300. The topological polar surface area (TPSA) is 67.9 Å². The molecule has 1 aromatic carbocycles. The lowest BCUT2D eigenvalue weighted by Gasteiger charge is -2.33. The number of hydrogen-bond acceptors (Lipinski definition) is 5. The van der Waals surface area contributed by atoms with Crippen LogP contribution in [0.1, 0.15) is 25.7 Å². The fraction of sp³-hybridized carbons (Fsp3) is 0.474. The van der Waals surface area contributed by atoms with Crippen LogP contribution in [-0.2, 0) is 9.59 Å². The van der Waals surface area contributed by atoms with Crippen LogP contribution in [-0.4, -0.2) is 47.8 Å². The van der Waals surface area contributed by atoms with Gasteiger partial charge in [-0.2, -0.15) is 0 Å². The molecule has 26 heavy (non-hydrogen) atoms. The van der Waals surface area contributed by atoms with Crippen LogP contribution >= 0.6 is 0 Å². The molecule has 1 aromatic rings. The lowest BCUT2D eigenvalue weighted by molar-refractivity contribution is -0.135. The average molecular weight is 355 g/mol. The standard InChI is InChI=1S/C19H25N5O2/c25-18-17(24(21-20-18)16-6-2-1-3-7-16)14-22-12-8-15(9-13-22)19(26)23-10-4-5-11-23/h1-3,6-7,14-15,21H,4-5,8-13H2,(H,20,25). The van der Waals surface area contributed by atoms with Crippen molar-refractivity contribution in [2.24, 2.45) is 5.92 Å². The molecule has 0 spiro atoms. The summed E-state index contributed by atoms with van der Waals surface area (Å²) in [5.41, 5.74) is 7.03. The monoisotopic (exact) mass is 355 g/mol. The quantitative estimate of drug-likeness (QED) is 0.798. The van der Waals surface area contributed by atoms with E-state index in [0.29, 0.717) is 11.6 Å². The summed E-state index contributed by atoms with van der Waals surface area (Å²) in [6.07, 6.45) is 5.86. The number of anilines is 1. The number of nitrogens with one attached hydrogen (secondary N) is 2. The minimum atomic E-state index is -0.149. The van der Waals surface area contributed by atoms with Gasteiger partial charge in [0.1, 0.15) is 5.70 Å². The molecule has 0 atom stereocenters. The predicted octanol–water partition coefficient (Wildman–Crippen LogP) is 1.22. The molecule has 3 aliphatic heterocycles. The van der Waals surface area contributed by atoms with Crippen LogP contribution in [0.5, 0.6) is 0 Å². The molecule has 3 saturated heterocycles. The Morgan fingerprint density at radius 1 is 1.04 bits per heavy atom. The van der Waals surface area contributed by atoms with Gasteiger partial charge >= 0.3 is 0 Å². The van der Waals surface area contributed by atoms with Crippen LogP contribution in [0.4, 0.5) is 5.69 Å². The van der Waals surface area contributed by atoms with Gasteiger partial charge in [-0.15, -0.1) is 5.53 Å². The summed E-state index contributed by atoms with van der Waals surface area (Å²) in [6.45, 7) is 3.43. The van der Waals surface area contributed by atoms with E-state index in [9.17, 15) is 9.59 Å². The summed E-state index contributed by atoms with van der Waals surface area (Å²) < 4.78 is 0. The zero-order valence-electron chi connectivity index (χ0n) is 14.9. The molecule has 138 valence electrons. The average Bonchev–Trinajstić information content (AvgIpc) is 3.34. The number of carbonyl (C=O) groups excluding carboxylic acids is 2. The van der Waals surface area contributed by atoms with Crippen LogP contribution in [0, 0.1) is 5.92 Å². The van der Waals surface area contributed by atoms with Gasteiger partial charge in [-0.3, -0.25) is 20.0 Å². The van der Waals surface area contributed by atoms with Crippen molar-refractivity contribution >= 4 is 17.5 Å². The van der Waals surface area contributed by atoms with Gasteiger partial charge in [0.05, 0.1) is 5.69 Å². The van der Waals surface area contributed by atoms with Crippen molar-refractivity contribution in [2.75, 3.05) is 31.2 Å². The summed E-state index contributed by atoms with van der Waals surface area (Å²) in [5, 5.41) is 1.75. The molecule has 0 bridgehead atoms. The SMILES string of the molecule is O=C1NNN(c2ccccc2)C1=CN1CCC(C(=O)N2CCCC2)CC1. The van der Waals surface area contributed by atoms with Gasteiger partial charge in [0.15, 0.2) is 0 Å². The third kappa shape index (κ3) is 3.39. The van der Waals surface area contributed by atoms with Crippen molar-refractivity contribution in [3.05, 3.63) is 42.2 Å². The van der Waals surface area contributed by atoms with E-state index in [0.717, 1.165) is 57.5 Å². The van der Waals surface area contributed by atoms with Crippen molar-refractivity contribution in [2.45, 2.75) is 25.7 Å². The number of benzene rings is 1. The molecule has 7 nitrogen and oxygen atoms in total. The van der Waals surface area contributed by atoms with Crippen LogP contribution < -0.4 is 16.0 Å². The highest BCUT2D eigenvalue weighted by molar-refractivity contribution is 5.98. The number of carbonyl (C=O) groups is 2. The van der Waals surface area contributed by atoms with E-state index in [1.165, 1.54) is 0 Å². The first-order valence-corrected chi connectivity index (χ1v) is 9.38. The number of nitrogens with zero attached hydrogens (tertiary/aromatic N) is 3. The highest BCUT2D eigenvalue weighted by Crippen LogP contribution is 2.24. The second kappa shape index (κ2) is 7.37.